The van der Waals surface area contributed by atoms with E-state index in [9.17, 15) is 15.0 Å². The van der Waals surface area contributed by atoms with Crippen LogP contribution < -0.4 is 5.56 Å². The van der Waals surface area contributed by atoms with E-state index in [-0.39, 0.29) is 22.6 Å². The normalized spacial score (nSPS) is 11.8. The largest absolute Gasteiger partial charge is 0.506 e. The van der Waals surface area contributed by atoms with E-state index in [1.807, 2.05) is 6.07 Å². The standard InChI is InChI=1S/C18H16N2O3/c1-11(19-13-8-4-6-10-15(13)21)16-17(22)12-7-3-5-9-14(12)20(2)18(16)23/h3-10,21-22H,1-2H3. The summed E-state index contributed by atoms with van der Waals surface area (Å²) < 4.78 is 1.48. The SMILES string of the molecule is CC(=Nc1ccccc1O)c1c(O)c2ccccc2n(C)c1=O. The van der Waals surface area contributed by atoms with Gasteiger partial charge in [0.05, 0.1) is 11.2 Å². The zero-order valence-corrected chi connectivity index (χ0v) is 12.8. The predicted octanol–water partition coefficient (Wildman–Crippen LogP) is 3.09. The number of fused-ring (bicyclic) bond motifs is 1. The number of nitrogens with zero attached hydrogens (tertiary/aromatic N) is 2. The molecule has 0 saturated carbocycles. The lowest BCUT2D eigenvalue weighted by Crippen LogP contribution is -2.24. The van der Waals surface area contributed by atoms with E-state index in [0.29, 0.717) is 22.3 Å². The maximum Gasteiger partial charge on any atom is 0.263 e. The molecule has 2 aromatic carbocycles. The smallest absolute Gasteiger partial charge is 0.263 e. The van der Waals surface area contributed by atoms with Gasteiger partial charge in [-0.1, -0.05) is 24.3 Å². The molecule has 0 unspecified atom stereocenters. The summed E-state index contributed by atoms with van der Waals surface area (Å²) >= 11 is 0. The molecule has 3 aromatic rings. The van der Waals surface area contributed by atoms with Crippen LogP contribution in [0.1, 0.15) is 12.5 Å². The van der Waals surface area contributed by atoms with Crippen molar-refractivity contribution in [3.63, 3.8) is 0 Å². The van der Waals surface area contributed by atoms with E-state index in [1.54, 1.807) is 50.4 Å². The third-order valence-corrected chi connectivity index (χ3v) is 3.81. The number of aliphatic imine (C=N–C) groups is 1. The average Bonchev–Trinajstić information content (AvgIpc) is 2.55. The molecule has 0 aliphatic rings. The van der Waals surface area contributed by atoms with Crippen molar-refractivity contribution >= 4 is 22.3 Å². The summed E-state index contributed by atoms with van der Waals surface area (Å²) in [5.41, 5.74) is 1.14. The van der Waals surface area contributed by atoms with Crippen LogP contribution in [-0.2, 0) is 7.05 Å². The second-order valence-corrected chi connectivity index (χ2v) is 5.29. The molecule has 0 spiro atoms. The number of aromatic hydroxyl groups is 2. The number of aryl methyl sites for hydroxylation is 1. The Balaban J connectivity index is 2.28. The van der Waals surface area contributed by atoms with Crippen LogP contribution in [0.25, 0.3) is 10.9 Å². The molecule has 1 heterocycles. The first kappa shape index (κ1) is 14.8. The monoisotopic (exact) mass is 308 g/mol. The molecule has 0 bridgehead atoms. The number of hydrogen-bond donors (Lipinski definition) is 2. The van der Waals surface area contributed by atoms with Crippen LogP contribution in [0.4, 0.5) is 5.69 Å². The highest BCUT2D eigenvalue weighted by atomic mass is 16.3. The van der Waals surface area contributed by atoms with Crippen molar-refractivity contribution in [2.45, 2.75) is 6.92 Å². The Hall–Kier alpha value is -3.08. The van der Waals surface area contributed by atoms with Crippen LogP contribution in [0, 0.1) is 0 Å². The van der Waals surface area contributed by atoms with Gasteiger partial charge >= 0.3 is 0 Å². The van der Waals surface area contributed by atoms with E-state index in [4.69, 9.17) is 0 Å². The van der Waals surface area contributed by atoms with Gasteiger partial charge in [-0.25, -0.2) is 4.99 Å². The van der Waals surface area contributed by atoms with E-state index < -0.39 is 0 Å². The van der Waals surface area contributed by atoms with Gasteiger partial charge in [0, 0.05) is 12.4 Å². The van der Waals surface area contributed by atoms with Crippen LogP contribution in [0.5, 0.6) is 11.5 Å². The van der Waals surface area contributed by atoms with Crippen LogP contribution in [-0.4, -0.2) is 20.5 Å². The first-order valence-electron chi connectivity index (χ1n) is 7.15. The third kappa shape index (κ3) is 2.46. The highest BCUT2D eigenvalue weighted by Gasteiger charge is 2.17. The van der Waals surface area contributed by atoms with Gasteiger partial charge in [-0.05, 0) is 31.2 Å². The lowest BCUT2D eigenvalue weighted by Gasteiger charge is -2.11. The summed E-state index contributed by atoms with van der Waals surface area (Å²) in [6.07, 6.45) is 0. The van der Waals surface area contributed by atoms with E-state index in [1.165, 1.54) is 10.6 Å². The molecule has 0 radical (unpaired) electrons. The van der Waals surface area contributed by atoms with Gasteiger partial charge in [0.25, 0.3) is 5.56 Å². The number of pyridine rings is 1. The Morgan fingerprint density at radius 3 is 2.43 bits per heavy atom. The molecule has 5 nitrogen and oxygen atoms in total. The Morgan fingerprint density at radius 1 is 1.04 bits per heavy atom. The highest BCUT2D eigenvalue weighted by molar-refractivity contribution is 6.06. The number of phenolic OH excluding ortho intramolecular Hbond substituents is 1. The van der Waals surface area contributed by atoms with Gasteiger partial charge in [0.1, 0.15) is 22.7 Å². The van der Waals surface area contributed by atoms with E-state index >= 15 is 0 Å². The van der Waals surface area contributed by atoms with Crippen molar-refractivity contribution in [2.24, 2.45) is 12.0 Å². The summed E-state index contributed by atoms with van der Waals surface area (Å²) in [7, 11) is 1.65. The summed E-state index contributed by atoms with van der Waals surface area (Å²) in [4.78, 5) is 16.9. The number of rotatable bonds is 2. The van der Waals surface area contributed by atoms with Crippen molar-refractivity contribution < 1.29 is 10.2 Å². The zero-order chi connectivity index (χ0) is 16.6. The van der Waals surface area contributed by atoms with Crippen LogP contribution in [0.2, 0.25) is 0 Å². The molecular formula is C18H16N2O3. The number of hydrogen-bond acceptors (Lipinski definition) is 4. The predicted molar refractivity (Wildman–Crippen MR) is 90.8 cm³/mol. The Morgan fingerprint density at radius 2 is 1.70 bits per heavy atom. The molecule has 5 heteroatoms. The fourth-order valence-electron chi connectivity index (χ4n) is 2.60. The minimum absolute atomic E-state index is 0.0175. The molecule has 0 aliphatic carbocycles. The number of benzene rings is 2. The molecule has 0 amide bonds. The minimum Gasteiger partial charge on any atom is -0.506 e. The Kier molecular flexibility index (Phi) is 3.62. The molecular weight excluding hydrogens is 292 g/mol. The molecule has 0 saturated heterocycles. The highest BCUT2D eigenvalue weighted by Crippen LogP contribution is 2.29. The summed E-state index contributed by atoms with van der Waals surface area (Å²) in [6, 6.07) is 13.7. The lowest BCUT2D eigenvalue weighted by molar-refractivity contribution is 0.476. The first-order valence-corrected chi connectivity index (χ1v) is 7.15. The maximum atomic E-state index is 12.6. The maximum absolute atomic E-state index is 12.6. The number of phenols is 1. The molecule has 1 aromatic heterocycles. The van der Waals surface area contributed by atoms with Gasteiger partial charge in [0.2, 0.25) is 0 Å². The van der Waals surface area contributed by atoms with Gasteiger partial charge in [0.15, 0.2) is 0 Å². The third-order valence-electron chi connectivity index (χ3n) is 3.81. The van der Waals surface area contributed by atoms with Gasteiger partial charge in [-0.2, -0.15) is 0 Å². The fourth-order valence-corrected chi connectivity index (χ4v) is 2.60. The fraction of sp³-hybridized carbons (Fsp3) is 0.111. The van der Waals surface area contributed by atoms with Crippen molar-refractivity contribution in [1.82, 2.24) is 4.57 Å². The van der Waals surface area contributed by atoms with Crippen LogP contribution in [0.15, 0.2) is 58.3 Å². The minimum atomic E-state index is -0.335. The molecule has 0 atom stereocenters. The second-order valence-electron chi connectivity index (χ2n) is 5.29. The van der Waals surface area contributed by atoms with Crippen molar-refractivity contribution in [3.8, 4) is 11.5 Å². The Bertz CT molecular complexity index is 987. The van der Waals surface area contributed by atoms with E-state index in [2.05, 4.69) is 4.99 Å². The molecule has 116 valence electrons. The molecule has 3 rings (SSSR count). The number of aromatic nitrogens is 1. The Labute approximate surface area is 132 Å². The summed E-state index contributed by atoms with van der Waals surface area (Å²) in [5.74, 6) is -0.0793. The molecule has 23 heavy (non-hydrogen) atoms. The number of para-hydroxylation sites is 3. The zero-order valence-electron chi connectivity index (χ0n) is 12.8. The van der Waals surface area contributed by atoms with Crippen LogP contribution >= 0.6 is 0 Å². The molecule has 2 N–H and O–H groups in total. The van der Waals surface area contributed by atoms with Crippen molar-refractivity contribution in [3.05, 3.63) is 64.4 Å². The first-order chi connectivity index (χ1) is 11.0. The molecule has 0 aliphatic heterocycles. The van der Waals surface area contributed by atoms with Gasteiger partial charge in [-0.15, -0.1) is 0 Å². The topological polar surface area (TPSA) is 74.8 Å². The van der Waals surface area contributed by atoms with Crippen molar-refractivity contribution in [1.29, 1.82) is 0 Å². The van der Waals surface area contributed by atoms with Crippen molar-refractivity contribution in [2.75, 3.05) is 0 Å². The van der Waals surface area contributed by atoms with E-state index in [0.717, 1.165) is 0 Å². The molecule has 0 fully saturated rings. The average molecular weight is 308 g/mol. The lowest BCUT2D eigenvalue weighted by atomic mass is 10.1. The summed E-state index contributed by atoms with van der Waals surface area (Å²) in [6.45, 7) is 1.64. The van der Waals surface area contributed by atoms with Crippen LogP contribution in [0.3, 0.4) is 0 Å². The second kappa shape index (κ2) is 5.61. The quantitative estimate of drug-likeness (QED) is 0.714. The summed E-state index contributed by atoms with van der Waals surface area (Å²) in [5, 5.41) is 20.9. The van der Waals surface area contributed by atoms with Gasteiger partial charge in [-0.3, -0.25) is 4.79 Å². The van der Waals surface area contributed by atoms with Gasteiger partial charge < -0.3 is 14.8 Å².